The Balaban J connectivity index is 1.54. The van der Waals surface area contributed by atoms with Crippen molar-refractivity contribution < 1.29 is 28.3 Å². The van der Waals surface area contributed by atoms with Gasteiger partial charge in [0.2, 0.25) is 5.91 Å². The molecule has 6 rings (SSSR count). The van der Waals surface area contributed by atoms with Crippen molar-refractivity contribution in [2.45, 2.75) is 36.8 Å². The Bertz CT molecular complexity index is 1420. The summed E-state index contributed by atoms with van der Waals surface area (Å²) in [7, 11) is 0. The number of nitrogens with one attached hydrogen (secondary N) is 1. The van der Waals surface area contributed by atoms with Crippen molar-refractivity contribution in [3.05, 3.63) is 56.0 Å². The molecule has 3 heterocycles. The lowest BCUT2D eigenvalue weighted by Gasteiger charge is -2.36. The summed E-state index contributed by atoms with van der Waals surface area (Å²) >= 11 is 25.0. The van der Waals surface area contributed by atoms with Crippen LogP contribution < -0.4 is 10.2 Å². The van der Waals surface area contributed by atoms with Crippen molar-refractivity contribution in [2.75, 3.05) is 23.3 Å². The number of carbonyl (C=O) groups is 3. The van der Waals surface area contributed by atoms with E-state index >= 15 is 8.78 Å². The number of anilines is 2. The molecule has 0 radical (unpaired) electrons. The molecule has 0 aromatic heterocycles. The second kappa shape index (κ2) is 9.17. The molecular formula is C26H21Cl4F2N3O4. The molecule has 2 N–H and O–H groups in total. The van der Waals surface area contributed by atoms with Gasteiger partial charge in [-0.1, -0.05) is 46.4 Å². The van der Waals surface area contributed by atoms with Crippen LogP contribution in [0.4, 0.5) is 20.2 Å². The first-order chi connectivity index (χ1) is 18.3. The molecule has 2 amide bonds. The summed E-state index contributed by atoms with van der Waals surface area (Å²) in [4.78, 5) is 43.7. The molecule has 1 saturated carbocycles. The summed E-state index contributed by atoms with van der Waals surface area (Å²) in [6.45, 7) is -0.678. The van der Waals surface area contributed by atoms with Gasteiger partial charge in [0.25, 0.3) is 11.8 Å². The number of rotatable bonds is 5. The Morgan fingerprint density at radius 1 is 1.05 bits per heavy atom. The molecule has 13 heteroatoms. The van der Waals surface area contributed by atoms with Crippen LogP contribution in [-0.4, -0.2) is 52.8 Å². The zero-order chi connectivity index (χ0) is 28.0. The number of amides is 2. The van der Waals surface area contributed by atoms with Crippen molar-refractivity contribution in [2.24, 2.45) is 17.8 Å². The average molecular weight is 619 g/mol. The Labute approximate surface area is 241 Å². The number of benzene rings is 2. The van der Waals surface area contributed by atoms with Crippen molar-refractivity contribution in [3.63, 3.8) is 0 Å². The fourth-order valence-corrected chi connectivity index (χ4v) is 7.59. The third-order valence-electron chi connectivity index (χ3n) is 8.15. The van der Waals surface area contributed by atoms with E-state index in [-0.39, 0.29) is 43.8 Å². The van der Waals surface area contributed by atoms with E-state index in [1.165, 1.54) is 40.1 Å². The van der Waals surface area contributed by atoms with E-state index in [1.54, 1.807) is 0 Å². The Morgan fingerprint density at radius 2 is 1.69 bits per heavy atom. The maximum Gasteiger partial charge on any atom is 0.310 e. The fraction of sp³-hybridized carbons (Fsp3) is 0.423. The molecule has 2 aromatic carbocycles. The maximum absolute atomic E-state index is 15.0. The van der Waals surface area contributed by atoms with Crippen molar-refractivity contribution in [1.29, 1.82) is 0 Å². The Hall–Kier alpha value is -2.17. The minimum absolute atomic E-state index is 0.0353. The van der Waals surface area contributed by atoms with E-state index < -0.39 is 60.1 Å². The number of carbonyl (C=O) groups excluding carboxylic acids is 2. The van der Waals surface area contributed by atoms with Gasteiger partial charge in [-0.05, 0) is 49.1 Å². The molecule has 1 unspecified atom stereocenters. The average Bonchev–Trinajstić information content (AvgIpc) is 3.45. The first-order valence-corrected chi connectivity index (χ1v) is 13.8. The van der Waals surface area contributed by atoms with Gasteiger partial charge >= 0.3 is 5.97 Å². The van der Waals surface area contributed by atoms with E-state index in [0.717, 1.165) is 12.8 Å². The van der Waals surface area contributed by atoms with Crippen molar-refractivity contribution in [3.8, 4) is 0 Å². The summed E-state index contributed by atoms with van der Waals surface area (Å²) in [5, 5.41) is 13.8. The van der Waals surface area contributed by atoms with E-state index in [4.69, 9.17) is 46.4 Å². The highest BCUT2D eigenvalue weighted by molar-refractivity contribution is 6.38. The first-order valence-electron chi connectivity index (χ1n) is 12.3. The van der Waals surface area contributed by atoms with Crippen LogP contribution in [-0.2, 0) is 19.9 Å². The largest absolute Gasteiger partial charge is 0.481 e. The highest BCUT2D eigenvalue weighted by atomic mass is 35.5. The number of carboxylic acids is 1. The number of halogens is 6. The number of hydrogen-bond donors (Lipinski definition) is 2. The molecule has 7 nitrogen and oxygen atoms in total. The number of hydrogen-bond acceptors (Lipinski definition) is 4. The number of aliphatic carboxylic acids is 1. The Kier molecular flexibility index (Phi) is 6.36. The van der Waals surface area contributed by atoms with Crippen LogP contribution in [0.15, 0.2) is 30.3 Å². The predicted octanol–water partition coefficient (Wildman–Crippen LogP) is 5.93. The van der Waals surface area contributed by atoms with Gasteiger partial charge in [-0.2, -0.15) is 0 Å². The lowest BCUT2D eigenvalue weighted by Crippen LogP contribution is -2.54. The zero-order valence-electron chi connectivity index (χ0n) is 20.1. The second-order valence-corrected chi connectivity index (χ2v) is 12.4. The van der Waals surface area contributed by atoms with Gasteiger partial charge in [0, 0.05) is 45.3 Å². The smallest absolute Gasteiger partial charge is 0.310 e. The molecular weight excluding hydrogens is 598 g/mol. The molecule has 2 aromatic rings. The lowest BCUT2D eigenvalue weighted by atomic mass is 9.73. The molecule has 3 fully saturated rings. The quantitative estimate of drug-likeness (QED) is 0.433. The zero-order valence-corrected chi connectivity index (χ0v) is 23.1. The van der Waals surface area contributed by atoms with E-state index in [2.05, 4.69) is 5.32 Å². The van der Waals surface area contributed by atoms with Crippen LogP contribution in [0.25, 0.3) is 0 Å². The van der Waals surface area contributed by atoms with Crippen LogP contribution in [0, 0.1) is 17.8 Å². The molecule has 4 aliphatic rings. The highest BCUT2D eigenvalue weighted by Crippen LogP contribution is 2.61. The molecule has 3 aliphatic heterocycles. The second-order valence-electron chi connectivity index (χ2n) is 10.6. The minimum atomic E-state index is -3.27. The van der Waals surface area contributed by atoms with Crippen LogP contribution in [0.3, 0.4) is 0 Å². The van der Waals surface area contributed by atoms with Gasteiger partial charge in [0.1, 0.15) is 11.5 Å². The van der Waals surface area contributed by atoms with Gasteiger partial charge in [0.05, 0.1) is 23.2 Å². The summed E-state index contributed by atoms with van der Waals surface area (Å²) in [5.41, 5.74) is -1.64. The molecule has 4 atom stereocenters. The van der Waals surface area contributed by atoms with Crippen molar-refractivity contribution in [1.82, 2.24) is 4.90 Å². The number of carboxylic acid groups (broad SMARTS) is 1. The molecule has 39 heavy (non-hydrogen) atoms. The third kappa shape index (κ3) is 4.20. The third-order valence-corrected chi connectivity index (χ3v) is 9.10. The SMILES string of the molecule is O=C(O)[C@H]1[C@H](C(=O)N(CC2CC2)c2cc(Cl)cc(Cl)c2)[C@@H]2CC(F)(F)CN2C12C(=O)Nc1c(Cl)cc(Cl)cc12. The van der Waals surface area contributed by atoms with Gasteiger partial charge < -0.3 is 15.3 Å². The first kappa shape index (κ1) is 27.0. The lowest BCUT2D eigenvalue weighted by molar-refractivity contribution is -0.153. The van der Waals surface area contributed by atoms with Crippen LogP contribution in [0.2, 0.25) is 20.1 Å². The minimum Gasteiger partial charge on any atom is -0.481 e. The normalized spacial score (nSPS) is 28.9. The van der Waals surface area contributed by atoms with E-state index in [0.29, 0.717) is 5.69 Å². The van der Waals surface area contributed by atoms with E-state index in [1.807, 2.05) is 0 Å². The fourth-order valence-electron chi connectivity index (χ4n) is 6.54. The van der Waals surface area contributed by atoms with Crippen molar-refractivity contribution >= 4 is 75.6 Å². The van der Waals surface area contributed by atoms with Crippen LogP contribution >= 0.6 is 46.4 Å². The highest BCUT2D eigenvalue weighted by Gasteiger charge is 2.74. The van der Waals surface area contributed by atoms with Gasteiger partial charge in [0.15, 0.2) is 0 Å². The summed E-state index contributed by atoms with van der Waals surface area (Å²) < 4.78 is 30.1. The topological polar surface area (TPSA) is 90.0 Å². The molecule has 1 aliphatic carbocycles. The molecule has 1 spiro atoms. The van der Waals surface area contributed by atoms with Crippen LogP contribution in [0.5, 0.6) is 0 Å². The number of fused-ring (bicyclic) bond motifs is 4. The standard InChI is InChI=1S/C26H21Cl4F2N3O4/c27-12-3-13(28)5-15(4-12)34(9-11-1-2-11)22(36)19-18-8-25(31,32)10-35(18)26(20(19)23(37)38)16-6-14(29)7-17(30)21(16)33-24(26)39/h3-7,11,18-20H,1-2,8-10H2,(H,33,39)(H,37,38)/t18-,19+,20+,26?/m0/s1. The number of nitrogens with zero attached hydrogens (tertiary/aromatic N) is 2. The van der Waals surface area contributed by atoms with E-state index in [9.17, 15) is 19.5 Å². The van der Waals surface area contributed by atoms with Gasteiger partial charge in [-0.25, -0.2) is 8.78 Å². The molecule has 0 bridgehead atoms. The Morgan fingerprint density at radius 3 is 2.31 bits per heavy atom. The maximum atomic E-state index is 15.0. The number of alkyl halides is 2. The molecule has 2 saturated heterocycles. The monoisotopic (exact) mass is 617 g/mol. The summed E-state index contributed by atoms with van der Waals surface area (Å²) in [5.74, 6) is -9.33. The van der Waals surface area contributed by atoms with Gasteiger partial charge in [-0.15, -0.1) is 0 Å². The van der Waals surface area contributed by atoms with Gasteiger partial charge in [-0.3, -0.25) is 19.3 Å². The molecule has 206 valence electrons. The summed E-state index contributed by atoms with van der Waals surface area (Å²) in [6, 6.07) is 6.00. The van der Waals surface area contributed by atoms with Crippen LogP contribution in [0.1, 0.15) is 24.8 Å². The summed E-state index contributed by atoms with van der Waals surface area (Å²) in [6.07, 6.45) is 0.921. The predicted molar refractivity (Wildman–Crippen MR) is 143 cm³/mol.